The first kappa shape index (κ1) is 13.0. The molecule has 3 nitrogen and oxygen atoms in total. The fraction of sp³-hybridized carbons (Fsp3) is 0.769. The van der Waals surface area contributed by atoms with Crippen LogP contribution in [0.1, 0.15) is 30.5 Å². The molecule has 1 aliphatic carbocycles. The Morgan fingerprint density at radius 2 is 2.35 bits per heavy atom. The van der Waals surface area contributed by atoms with Gasteiger partial charge in [-0.2, -0.15) is 0 Å². The summed E-state index contributed by atoms with van der Waals surface area (Å²) in [5, 5.41) is 6.93. The fourth-order valence-electron chi connectivity index (χ4n) is 2.08. The summed E-state index contributed by atoms with van der Waals surface area (Å²) in [7, 11) is 2.16. The number of thiazole rings is 1. The van der Waals surface area contributed by atoms with Gasteiger partial charge in [0.05, 0.1) is 10.7 Å². The zero-order valence-electron chi connectivity index (χ0n) is 11.1. The van der Waals surface area contributed by atoms with E-state index in [1.165, 1.54) is 18.5 Å². The van der Waals surface area contributed by atoms with Crippen LogP contribution in [-0.2, 0) is 6.54 Å². The van der Waals surface area contributed by atoms with E-state index in [0.717, 1.165) is 30.6 Å². The molecule has 1 N–H and O–H groups in total. The zero-order valence-corrected chi connectivity index (χ0v) is 11.9. The van der Waals surface area contributed by atoms with Crippen molar-refractivity contribution in [3.63, 3.8) is 0 Å². The van der Waals surface area contributed by atoms with E-state index in [0.29, 0.717) is 6.04 Å². The molecule has 1 aliphatic rings. The van der Waals surface area contributed by atoms with E-state index in [1.54, 1.807) is 11.3 Å². The van der Waals surface area contributed by atoms with Gasteiger partial charge in [0, 0.05) is 31.1 Å². The van der Waals surface area contributed by atoms with Crippen molar-refractivity contribution in [2.45, 2.75) is 39.3 Å². The van der Waals surface area contributed by atoms with Gasteiger partial charge in [0.25, 0.3) is 0 Å². The van der Waals surface area contributed by atoms with Gasteiger partial charge in [-0.1, -0.05) is 0 Å². The second-order valence-electron chi connectivity index (χ2n) is 5.18. The molecular weight excluding hydrogens is 230 g/mol. The molecule has 2 rings (SSSR count). The molecular formula is C13H23N3S. The Bertz CT molecular complexity index is 346. The van der Waals surface area contributed by atoms with Crippen molar-refractivity contribution >= 4 is 11.3 Å². The van der Waals surface area contributed by atoms with E-state index in [-0.39, 0.29) is 0 Å². The minimum absolute atomic E-state index is 0.699. The van der Waals surface area contributed by atoms with Gasteiger partial charge in [-0.3, -0.25) is 4.90 Å². The van der Waals surface area contributed by atoms with Crippen molar-refractivity contribution < 1.29 is 0 Å². The molecule has 4 heteroatoms. The highest BCUT2D eigenvalue weighted by Crippen LogP contribution is 2.32. The molecule has 1 fully saturated rings. The van der Waals surface area contributed by atoms with Crippen LogP contribution in [0, 0.1) is 12.8 Å². The molecule has 0 aromatic carbocycles. The lowest BCUT2D eigenvalue weighted by molar-refractivity contribution is 0.312. The Labute approximate surface area is 108 Å². The van der Waals surface area contributed by atoms with Crippen LogP contribution in [0.4, 0.5) is 0 Å². The first-order valence-electron chi connectivity index (χ1n) is 6.48. The third kappa shape index (κ3) is 4.37. The van der Waals surface area contributed by atoms with Crippen molar-refractivity contribution in [1.29, 1.82) is 0 Å². The fourth-order valence-corrected chi connectivity index (χ4v) is 2.69. The van der Waals surface area contributed by atoms with Crippen molar-refractivity contribution in [3.8, 4) is 0 Å². The van der Waals surface area contributed by atoms with Crippen LogP contribution in [0.2, 0.25) is 0 Å². The van der Waals surface area contributed by atoms with Crippen LogP contribution in [0.15, 0.2) is 5.38 Å². The third-order valence-corrected chi connectivity index (χ3v) is 4.21. The highest BCUT2D eigenvalue weighted by atomic mass is 32.1. The predicted molar refractivity (Wildman–Crippen MR) is 73.4 cm³/mol. The average Bonchev–Trinajstić information content (AvgIpc) is 3.04. The second-order valence-corrected chi connectivity index (χ2v) is 6.24. The molecule has 0 amide bonds. The molecule has 0 bridgehead atoms. The van der Waals surface area contributed by atoms with Crippen molar-refractivity contribution in [2.24, 2.45) is 5.92 Å². The minimum atomic E-state index is 0.699. The topological polar surface area (TPSA) is 28.2 Å². The number of nitrogens with zero attached hydrogens (tertiary/aromatic N) is 2. The molecule has 1 aromatic heterocycles. The summed E-state index contributed by atoms with van der Waals surface area (Å²) >= 11 is 1.73. The van der Waals surface area contributed by atoms with Gasteiger partial charge in [-0.25, -0.2) is 4.98 Å². The molecule has 1 unspecified atom stereocenters. The molecule has 96 valence electrons. The summed E-state index contributed by atoms with van der Waals surface area (Å²) in [5.41, 5.74) is 1.20. The number of likely N-dealkylation sites (N-methyl/N-ethyl adjacent to an activating group) is 1. The Morgan fingerprint density at radius 1 is 1.59 bits per heavy atom. The molecule has 0 aliphatic heterocycles. The van der Waals surface area contributed by atoms with Gasteiger partial charge >= 0.3 is 0 Å². The summed E-state index contributed by atoms with van der Waals surface area (Å²) < 4.78 is 0. The van der Waals surface area contributed by atoms with Gasteiger partial charge in [0.15, 0.2) is 0 Å². The Balaban J connectivity index is 1.61. The molecule has 0 spiro atoms. The van der Waals surface area contributed by atoms with Gasteiger partial charge < -0.3 is 5.32 Å². The first-order chi connectivity index (χ1) is 8.15. The van der Waals surface area contributed by atoms with E-state index in [2.05, 4.69) is 41.5 Å². The molecule has 1 atom stereocenters. The van der Waals surface area contributed by atoms with E-state index in [9.17, 15) is 0 Å². The molecule has 0 radical (unpaired) electrons. The standard InChI is InChI=1S/C13H23N3S/c1-10(12-4-5-12)14-6-7-16(3)8-13-9-17-11(2)15-13/h9-10,12,14H,4-8H2,1-3H3. The maximum atomic E-state index is 4.49. The minimum Gasteiger partial charge on any atom is -0.313 e. The second kappa shape index (κ2) is 5.94. The lowest BCUT2D eigenvalue weighted by atomic mass is 10.2. The zero-order chi connectivity index (χ0) is 12.3. The van der Waals surface area contributed by atoms with Crippen LogP contribution in [0.5, 0.6) is 0 Å². The summed E-state index contributed by atoms with van der Waals surface area (Å²) in [6, 6.07) is 0.699. The van der Waals surface area contributed by atoms with Crippen LogP contribution in [0.3, 0.4) is 0 Å². The lowest BCUT2D eigenvalue weighted by Crippen LogP contribution is -2.35. The Morgan fingerprint density at radius 3 is 2.94 bits per heavy atom. The largest absolute Gasteiger partial charge is 0.313 e. The van der Waals surface area contributed by atoms with Crippen LogP contribution in [0.25, 0.3) is 0 Å². The van der Waals surface area contributed by atoms with Crippen LogP contribution in [-0.4, -0.2) is 36.1 Å². The SMILES string of the molecule is Cc1nc(CN(C)CCNC(C)C2CC2)cs1. The van der Waals surface area contributed by atoms with Crippen LogP contribution >= 0.6 is 11.3 Å². The quantitative estimate of drug-likeness (QED) is 0.808. The highest BCUT2D eigenvalue weighted by Gasteiger charge is 2.27. The first-order valence-corrected chi connectivity index (χ1v) is 7.36. The number of rotatable bonds is 7. The summed E-state index contributed by atoms with van der Waals surface area (Å²) in [6.45, 7) is 7.50. The van der Waals surface area contributed by atoms with Crippen molar-refractivity contribution in [3.05, 3.63) is 16.1 Å². The smallest absolute Gasteiger partial charge is 0.0897 e. The number of hydrogen-bond acceptors (Lipinski definition) is 4. The van der Waals surface area contributed by atoms with E-state index in [4.69, 9.17) is 0 Å². The summed E-state index contributed by atoms with van der Waals surface area (Å²) in [4.78, 5) is 6.82. The lowest BCUT2D eigenvalue weighted by Gasteiger charge is -2.18. The molecule has 17 heavy (non-hydrogen) atoms. The van der Waals surface area contributed by atoms with E-state index in [1.807, 2.05) is 0 Å². The number of hydrogen-bond donors (Lipinski definition) is 1. The maximum Gasteiger partial charge on any atom is 0.0897 e. The number of nitrogens with one attached hydrogen (secondary N) is 1. The van der Waals surface area contributed by atoms with Crippen LogP contribution < -0.4 is 5.32 Å². The number of aromatic nitrogens is 1. The average molecular weight is 253 g/mol. The van der Waals surface area contributed by atoms with Gasteiger partial charge in [0.1, 0.15) is 0 Å². The highest BCUT2D eigenvalue weighted by molar-refractivity contribution is 7.09. The van der Waals surface area contributed by atoms with E-state index >= 15 is 0 Å². The van der Waals surface area contributed by atoms with Crippen molar-refractivity contribution in [2.75, 3.05) is 20.1 Å². The third-order valence-electron chi connectivity index (χ3n) is 3.39. The summed E-state index contributed by atoms with van der Waals surface area (Å²) in [5.74, 6) is 0.946. The number of aryl methyl sites for hydroxylation is 1. The van der Waals surface area contributed by atoms with Gasteiger partial charge in [0.2, 0.25) is 0 Å². The Kier molecular flexibility index (Phi) is 4.54. The van der Waals surface area contributed by atoms with E-state index < -0.39 is 0 Å². The molecule has 1 heterocycles. The molecule has 0 saturated heterocycles. The van der Waals surface area contributed by atoms with Gasteiger partial charge in [-0.15, -0.1) is 11.3 Å². The normalized spacial score (nSPS) is 17.6. The predicted octanol–water partition coefficient (Wildman–Crippen LogP) is 2.27. The maximum absolute atomic E-state index is 4.49. The molecule has 1 saturated carbocycles. The monoisotopic (exact) mass is 253 g/mol. The van der Waals surface area contributed by atoms with Gasteiger partial charge in [-0.05, 0) is 39.7 Å². The molecule has 1 aromatic rings. The Hall–Kier alpha value is -0.450. The summed E-state index contributed by atoms with van der Waals surface area (Å²) in [6.07, 6.45) is 2.84. The van der Waals surface area contributed by atoms with Crippen molar-refractivity contribution in [1.82, 2.24) is 15.2 Å².